The molecule has 2 fully saturated rings. The summed E-state index contributed by atoms with van der Waals surface area (Å²) >= 11 is 0. The van der Waals surface area contributed by atoms with Gasteiger partial charge in [-0.05, 0) is 32.9 Å². The third-order valence-corrected chi connectivity index (χ3v) is 6.82. The summed E-state index contributed by atoms with van der Waals surface area (Å²) in [5.74, 6) is -2.24. The molecule has 0 N–H and O–H groups in total. The minimum Gasteiger partial charge on any atom is -0.376 e. The molecule has 0 saturated carbocycles. The zero-order chi connectivity index (χ0) is 20.7. The molecule has 3 rings (SSSR count). The van der Waals surface area contributed by atoms with E-state index in [1.807, 2.05) is 6.92 Å². The number of fused-ring (bicyclic) bond motifs is 1. The predicted octanol–water partition coefficient (Wildman–Crippen LogP) is 1.55. The van der Waals surface area contributed by atoms with Crippen LogP contribution in [0, 0.1) is 23.0 Å². The molecule has 0 aromatic heterocycles. The van der Waals surface area contributed by atoms with Crippen molar-refractivity contribution in [2.24, 2.45) is 5.92 Å². The average Bonchev–Trinajstić information content (AvgIpc) is 3.05. The number of sulfone groups is 1. The summed E-state index contributed by atoms with van der Waals surface area (Å²) in [7, 11) is -2.32. The van der Waals surface area contributed by atoms with Crippen molar-refractivity contribution < 1.29 is 32.3 Å². The minimum absolute atomic E-state index is 0.118. The van der Waals surface area contributed by atoms with E-state index in [9.17, 15) is 18.5 Å². The maximum atomic E-state index is 12.9. The second kappa shape index (κ2) is 7.68. The molecule has 0 radical (unpaired) electrons. The second-order valence-corrected chi connectivity index (χ2v) is 9.67. The highest BCUT2D eigenvalue weighted by atomic mass is 32.2. The minimum atomic E-state index is -3.76. The van der Waals surface area contributed by atoms with Gasteiger partial charge in [-0.1, -0.05) is 17.7 Å². The van der Waals surface area contributed by atoms with E-state index in [4.69, 9.17) is 18.9 Å². The number of nitrogens with zero attached hydrogens (tertiary/aromatic N) is 1. The van der Waals surface area contributed by atoms with Gasteiger partial charge in [0.25, 0.3) is 0 Å². The molecule has 2 saturated heterocycles. The van der Waals surface area contributed by atoms with Crippen molar-refractivity contribution in [3.05, 3.63) is 39.9 Å². The molecule has 2 heterocycles. The van der Waals surface area contributed by atoms with Crippen LogP contribution in [0.2, 0.25) is 0 Å². The first-order valence-corrected chi connectivity index (χ1v) is 10.6. The first-order chi connectivity index (χ1) is 13.0. The standard InChI is InChI=1S/C18H25NO8S/c1-11-5-7-13(8-6-11)28(22,23)10-12(9-19(20)21)14-15(24-4)16-17(25-14)27-18(2,3)26-16/h5-8,12,14-17H,9-10H2,1-4H3/t12-,14+,15-,16+,17+/m0/s1. The van der Waals surface area contributed by atoms with Gasteiger partial charge in [0.15, 0.2) is 21.9 Å². The Labute approximate surface area is 164 Å². The van der Waals surface area contributed by atoms with Crippen molar-refractivity contribution in [2.45, 2.75) is 56.1 Å². The van der Waals surface area contributed by atoms with Crippen LogP contribution in [0.25, 0.3) is 0 Å². The van der Waals surface area contributed by atoms with Crippen molar-refractivity contribution in [2.75, 3.05) is 19.4 Å². The van der Waals surface area contributed by atoms with E-state index < -0.39 is 63.4 Å². The lowest BCUT2D eigenvalue weighted by Crippen LogP contribution is -2.44. The van der Waals surface area contributed by atoms with Gasteiger partial charge in [-0.25, -0.2) is 8.42 Å². The van der Waals surface area contributed by atoms with Crippen molar-refractivity contribution in [1.82, 2.24) is 0 Å². The lowest BCUT2D eigenvalue weighted by Gasteiger charge is -2.28. The van der Waals surface area contributed by atoms with Gasteiger partial charge in [0.2, 0.25) is 6.54 Å². The van der Waals surface area contributed by atoms with Crippen LogP contribution in [0.3, 0.4) is 0 Å². The molecule has 1 aromatic carbocycles. The summed E-state index contributed by atoms with van der Waals surface area (Å²) in [5.41, 5.74) is 0.920. The third kappa shape index (κ3) is 4.36. The fourth-order valence-electron chi connectivity index (χ4n) is 3.72. The summed E-state index contributed by atoms with van der Waals surface area (Å²) < 4.78 is 48.5. The third-order valence-electron chi connectivity index (χ3n) is 4.96. The molecule has 2 aliphatic rings. The Bertz CT molecular complexity index is 822. The van der Waals surface area contributed by atoms with Crippen LogP contribution in [0.4, 0.5) is 0 Å². The molecular formula is C18H25NO8S. The quantitative estimate of drug-likeness (QED) is 0.487. The number of hydrogen-bond donors (Lipinski definition) is 0. The van der Waals surface area contributed by atoms with Crippen LogP contribution in [0.1, 0.15) is 19.4 Å². The highest BCUT2D eigenvalue weighted by molar-refractivity contribution is 7.91. The highest BCUT2D eigenvalue weighted by Crippen LogP contribution is 2.41. The number of nitro groups is 1. The Hall–Kier alpha value is -1.59. The fraction of sp³-hybridized carbons (Fsp3) is 0.667. The van der Waals surface area contributed by atoms with Crippen LogP contribution in [0.15, 0.2) is 29.2 Å². The summed E-state index contributed by atoms with van der Waals surface area (Å²) in [6.07, 6.45) is -2.87. The van der Waals surface area contributed by atoms with E-state index >= 15 is 0 Å². The zero-order valence-electron chi connectivity index (χ0n) is 16.2. The largest absolute Gasteiger partial charge is 0.376 e. The molecule has 10 heteroatoms. The van der Waals surface area contributed by atoms with Crippen LogP contribution < -0.4 is 0 Å². The lowest BCUT2D eigenvalue weighted by molar-refractivity contribution is -0.490. The van der Waals surface area contributed by atoms with Gasteiger partial charge in [0.05, 0.1) is 22.7 Å². The van der Waals surface area contributed by atoms with Gasteiger partial charge in [-0.15, -0.1) is 0 Å². The Balaban J connectivity index is 1.84. The van der Waals surface area contributed by atoms with Gasteiger partial charge < -0.3 is 18.9 Å². The van der Waals surface area contributed by atoms with E-state index in [0.29, 0.717) is 0 Å². The SMILES string of the molecule is CO[C@H]1[C@@H]([C@@H](C[N+](=O)[O-])CS(=O)(=O)c2ccc(C)cc2)O[C@@H]2OC(C)(C)O[C@@H]21. The molecular weight excluding hydrogens is 390 g/mol. The second-order valence-electron chi connectivity index (χ2n) is 7.64. The van der Waals surface area contributed by atoms with Gasteiger partial charge in [0.1, 0.15) is 12.2 Å². The van der Waals surface area contributed by atoms with E-state index in [-0.39, 0.29) is 4.90 Å². The molecule has 0 amide bonds. The van der Waals surface area contributed by atoms with Crippen LogP contribution >= 0.6 is 0 Å². The zero-order valence-corrected chi connectivity index (χ0v) is 17.0. The fourth-order valence-corrected chi connectivity index (χ4v) is 5.32. The molecule has 156 valence electrons. The van der Waals surface area contributed by atoms with Crippen LogP contribution in [0.5, 0.6) is 0 Å². The molecule has 0 aliphatic carbocycles. The van der Waals surface area contributed by atoms with Gasteiger partial charge in [-0.2, -0.15) is 0 Å². The number of methoxy groups -OCH3 is 1. The van der Waals surface area contributed by atoms with Crippen LogP contribution in [-0.4, -0.2) is 63.1 Å². The monoisotopic (exact) mass is 415 g/mol. The number of ether oxygens (including phenoxy) is 4. The van der Waals surface area contributed by atoms with E-state index in [1.54, 1.807) is 26.0 Å². The maximum absolute atomic E-state index is 12.9. The molecule has 2 aliphatic heterocycles. The molecule has 0 spiro atoms. The number of aryl methyl sites for hydroxylation is 1. The van der Waals surface area contributed by atoms with E-state index in [0.717, 1.165) is 5.56 Å². The van der Waals surface area contributed by atoms with E-state index in [2.05, 4.69) is 0 Å². The summed E-state index contributed by atoms with van der Waals surface area (Å²) in [5, 5.41) is 11.2. The van der Waals surface area contributed by atoms with E-state index in [1.165, 1.54) is 19.2 Å². The smallest absolute Gasteiger partial charge is 0.210 e. The number of rotatable bonds is 7. The van der Waals surface area contributed by atoms with Crippen LogP contribution in [-0.2, 0) is 28.8 Å². The Kier molecular flexibility index (Phi) is 5.79. The molecule has 0 bridgehead atoms. The van der Waals surface area contributed by atoms with Gasteiger partial charge in [-0.3, -0.25) is 10.1 Å². The van der Waals surface area contributed by atoms with Crippen molar-refractivity contribution in [1.29, 1.82) is 0 Å². The first-order valence-electron chi connectivity index (χ1n) is 8.97. The van der Waals surface area contributed by atoms with Crippen molar-refractivity contribution in [3.63, 3.8) is 0 Å². The molecule has 9 nitrogen and oxygen atoms in total. The molecule has 0 unspecified atom stereocenters. The normalized spacial score (nSPS) is 30.1. The van der Waals surface area contributed by atoms with Gasteiger partial charge in [0, 0.05) is 12.0 Å². The first kappa shape index (κ1) is 21.1. The Morgan fingerprint density at radius 1 is 1.25 bits per heavy atom. The summed E-state index contributed by atoms with van der Waals surface area (Å²) in [4.78, 5) is 10.8. The highest BCUT2D eigenvalue weighted by Gasteiger charge is 2.57. The van der Waals surface area contributed by atoms with Crippen molar-refractivity contribution in [3.8, 4) is 0 Å². The topological polar surface area (TPSA) is 114 Å². The lowest BCUT2D eigenvalue weighted by atomic mass is 9.98. The molecule has 1 aromatic rings. The predicted molar refractivity (Wildman–Crippen MR) is 98.1 cm³/mol. The number of benzene rings is 1. The molecule has 28 heavy (non-hydrogen) atoms. The number of hydrogen-bond acceptors (Lipinski definition) is 8. The van der Waals surface area contributed by atoms with Crippen molar-refractivity contribution >= 4 is 9.84 Å². The summed E-state index contributed by atoms with van der Waals surface area (Å²) in [6.45, 7) is 4.74. The van der Waals surface area contributed by atoms with Gasteiger partial charge >= 0.3 is 0 Å². The Morgan fingerprint density at radius 2 is 1.89 bits per heavy atom. The Morgan fingerprint density at radius 3 is 2.46 bits per heavy atom. The average molecular weight is 415 g/mol. The summed E-state index contributed by atoms with van der Waals surface area (Å²) in [6, 6.07) is 6.38. The maximum Gasteiger partial charge on any atom is 0.210 e. The molecule has 5 atom stereocenters.